The molecule has 2 N–H and O–H groups in total. The largest absolute Gasteiger partial charge is 0.348 e. The van der Waals surface area contributed by atoms with E-state index in [2.05, 4.69) is 30.5 Å². The minimum absolute atomic E-state index is 0.0331. The number of nitrogens with zero attached hydrogens (tertiary/aromatic N) is 1. The van der Waals surface area contributed by atoms with Gasteiger partial charge in [0.15, 0.2) is 0 Å². The Balaban J connectivity index is 1.49. The van der Waals surface area contributed by atoms with Crippen molar-refractivity contribution in [3.63, 3.8) is 0 Å². The van der Waals surface area contributed by atoms with Crippen LogP contribution in [-0.2, 0) is 16.1 Å². The van der Waals surface area contributed by atoms with Crippen molar-refractivity contribution in [1.29, 1.82) is 0 Å². The van der Waals surface area contributed by atoms with Crippen molar-refractivity contribution < 1.29 is 14.4 Å². The maximum absolute atomic E-state index is 12.8. The van der Waals surface area contributed by atoms with Crippen LogP contribution >= 0.6 is 0 Å². The minimum atomic E-state index is -0.422. The van der Waals surface area contributed by atoms with Crippen LogP contribution in [-0.4, -0.2) is 24.3 Å². The van der Waals surface area contributed by atoms with Gasteiger partial charge in [-0.15, -0.1) is 0 Å². The maximum atomic E-state index is 12.8. The third-order valence-electron chi connectivity index (χ3n) is 5.93. The van der Waals surface area contributed by atoms with Crippen LogP contribution in [0.4, 0.5) is 11.4 Å². The number of nitrogens with one attached hydrogen (secondary N) is 2. The molecule has 4 rings (SSSR count). The summed E-state index contributed by atoms with van der Waals surface area (Å²) >= 11 is 0. The molecule has 2 aliphatic rings. The topological polar surface area (TPSA) is 78.5 Å². The molecule has 0 aromatic heterocycles. The van der Waals surface area contributed by atoms with E-state index < -0.39 is 5.92 Å². The fourth-order valence-corrected chi connectivity index (χ4v) is 4.02. The van der Waals surface area contributed by atoms with Gasteiger partial charge < -0.3 is 15.5 Å². The molecule has 2 unspecified atom stereocenters. The maximum Gasteiger partial charge on any atom is 0.251 e. The molecule has 0 spiro atoms. The predicted molar refractivity (Wildman–Crippen MR) is 112 cm³/mol. The van der Waals surface area contributed by atoms with Crippen molar-refractivity contribution in [2.75, 3.05) is 16.8 Å². The standard InChI is InChI=1S/C23H25N3O3/c1-3-14(2)18-6-4-5-7-20(18)26-13-16(10-21(26)27)22(28)25-17-9-8-15-12-24-23(29)19(15)11-17/h4-9,11,14,16H,3,10,12-13H2,1-2H3,(H,24,29)(H,25,28). The Morgan fingerprint density at radius 1 is 1.24 bits per heavy atom. The van der Waals surface area contributed by atoms with Crippen molar-refractivity contribution in [3.8, 4) is 0 Å². The van der Waals surface area contributed by atoms with Crippen LogP contribution in [0.1, 0.15) is 54.1 Å². The summed E-state index contributed by atoms with van der Waals surface area (Å²) in [6.45, 7) is 5.15. The van der Waals surface area contributed by atoms with E-state index in [1.165, 1.54) is 0 Å². The lowest BCUT2D eigenvalue weighted by Gasteiger charge is -2.23. The Bertz CT molecular complexity index is 985. The van der Waals surface area contributed by atoms with Crippen LogP contribution in [0.5, 0.6) is 0 Å². The van der Waals surface area contributed by atoms with Gasteiger partial charge in [-0.1, -0.05) is 38.1 Å². The van der Waals surface area contributed by atoms with Crippen molar-refractivity contribution in [3.05, 3.63) is 59.2 Å². The van der Waals surface area contributed by atoms with Gasteiger partial charge in [0, 0.05) is 36.4 Å². The highest BCUT2D eigenvalue weighted by Gasteiger charge is 2.36. The third kappa shape index (κ3) is 3.62. The van der Waals surface area contributed by atoms with Gasteiger partial charge in [-0.25, -0.2) is 0 Å². The first-order valence-electron chi connectivity index (χ1n) is 10.1. The zero-order chi connectivity index (χ0) is 20.5. The highest BCUT2D eigenvalue weighted by molar-refractivity contribution is 6.05. The summed E-state index contributed by atoms with van der Waals surface area (Å²) in [6, 6.07) is 13.3. The van der Waals surface area contributed by atoms with Gasteiger partial charge in [-0.05, 0) is 41.7 Å². The number of para-hydroxylation sites is 1. The number of carbonyl (C=O) groups is 3. The third-order valence-corrected chi connectivity index (χ3v) is 5.93. The molecular weight excluding hydrogens is 366 g/mol. The van der Waals surface area contributed by atoms with Crippen LogP contribution in [0.2, 0.25) is 0 Å². The highest BCUT2D eigenvalue weighted by Crippen LogP contribution is 2.34. The molecule has 0 bridgehead atoms. The van der Waals surface area contributed by atoms with Crippen LogP contribution in [0.25, 0.3) is 0 Å². The van der Waals surface area contributed by atoms with Crippen LogP contribution in [0, 0.1) is 5.92 Å². The van der Waals surface area contributed by atoms with Gasteiger partial charge in [-0.3, -0.25) is 14.4 Å². The lowest BCUT2D eigenvalue weighted by atomic mass is 9.96. The molecule has 2 heterocycles. The van der Waals surface area contributed by atoms with Gasteiger partial charge in [0.25, 0.3) is 5.91 Å². The number of benzene rings is 2. The fraction of sp³-hybridized carbons (Fsp3) is 0.348. The van der Waals surface area contributed by atoms with Gasteiger partial charge >= 0.3 is 0 Å². The summed E-state index contributed by atoms with van der Waals surface area (Å²) < 4.78 is 0. The molecule has 2 atom stereocenters. The van der Waals surface area contributed by atoms with Crippen molar-refractivity contribution in [2.45, 2.75) is 39.2 Å². The Morgan fingerprint density at radius 3 is 2.83 bits per heavy atom. The van der Waals surface area contributed by atoms with Gasteiger partial charge in [0.1, 0.15) is 0 Å². The molecule has 2 aromatic rings. The monoisotopic (exact) mass is 391 g/mol. The summed E-state index contributed by atoms with van der Waals surface area (Å²) in [6.07, 6.45) is 1.17. The number of fused-ring (bicyclic) bond motifs is 1. The summed E-state index contributed by atoms with van der Waals surface area (Å²) in [5, 5.41) is 5.64. The minimum Gasteiger partial charge on any atom is -0.348 e. The summed E-state index contributed by atoms with van der Waals surface area (Å²) in [5.74, 6) is -0.437. The second-order valence-corrected chi connectivity index (χ2v) is 7.82. The normalized spacial score (nSPS) is 19.1. The number of rotatable bonds is 5. The van der Waals surface area contributed by atoms with Crippen molar-refractivity contribution >= 4 is 29.1 Å². The van der Waals surface area contributed by atoms with Gasteiger partial charge in [0.05, 0.1) is 5.92 Å². The smallest absolute Gasteiger partial charge is 0.251 e. The lowest BCUT2D eigenvalue weighted by Crippen LogP contribution is -2.29. The van der Waals surface area contributed by atoms with Gasteiger partial charge in [0.2, 0.25) is 11.8 Å². The van der Waals surface area contributed by atoms with E-state index in [9.17, 15) is 14.4 Å². The second kappa shape index (κ2) is 7.70. The molecule has 1 saturated heterocycles. The molecule has 6 heteroatoms. The summed E-state index contributed by atoms with van der Waals surface area (Å²) in [7, 11) is 0. The average Bonchev–Trinajstić information content (AvgIpc) is 3.30. The predicted octanol–water partition coefficient (Wildman–Crippen LogP) is 3.44. The molecular formula is C23H25N3O3. The number of anilines is 2. The summed E-state index contributed by atoms with van der Waals surface area (Å²) in [4.78, 5) is 39.1. The first-order valence-corrected chi connectivity index (χ1v) is 10.1. The molecule has 0 aliphatic carbocycles. The molecule has 150 valence electrons. The number of hydrogen-bond donors (Lipinski definition) is 2. The molecule has 6 nitrogen and oxygen atoms in total. The number of hydrogen-bond acceptors (Lipinski definition) is 3. The molecule has 2 aromatic carbocycles. The Kier molecular flexibility index (Phi) is 5.09. The average molecular weight is 391 g/mol. The molecule has 1 fully saturated rings. The number of amides is 3. The fourth-order valence-electron chi connectivity index (χ4n) is 4.02. The van der Waals surface area contributed by atoms with Crippen molar-refractivity contribution in [2.24, 2.45) is 5.92 Å². The zero-order valence-corrected chi connectivity index (χ0v) is 16.7. The molecule has 3 amide bonds. The first kappa shape index (κ1) is 19.2. The van der Waals surface area contributed by atoms with E-state index in [0.717, 1.165) is 23.2 Å². The Hall–Kier alpha value is -3.15. The molecule has 2 aliphatic heterocycles. The first-order chi connectivity index (χ1) is 14.0. The van der Waals surface area contributed by atoms with E-state index >= 15 is 0 Å². The van der Waals surface area contributed by atoms with E-state index in [4.69, 9.17) is 0 Å². The van der Waals surface area contributed by atoms with Crippen molar-refractivity contribution in [1.82, 2.24) is 5.32 Å². The number of carbonyl (C=O) groups excluding carboxylic acids is 3. The van der Waals surface area contributed by atoms with E-state index in [-0.39, 0.29) is 24.1 Å². The summed E-state index contributed by atoms with van der Waals surface area (Å²) in [5.41, 5.74) is 4.13. The molecule has 29 heavy (non-hydrogen) atoms. The van der Waals surface area contributed by atoms with Gasteiger partial charge in [-0.2, -0.15) is 0 Å². The Morgan fingerprint density at radius 2 is 2.03 bits per heavy atom. The van der Waals surface area contributed by atoms with Crippen LogP contribution in [0.3, 0.4) is 0 Å². The SMILES string of the molecule is CCC(C)c1ccccc1N1CC(C(=O)Nc2ccc3c(c2)C(=O)NC3)CC1=O. The van der Waals surface area contributed by atoms with E-state index in [1.807, 2.05) is 24.3 Å². The highest BCUT2D eigenvalue weighted by atomic mass is 16.2. The quantitative estimate of drug-likeness (QED) is 0.820. The Labute approximate surface area is 170 Å². The second-order valence-electron chi connectivity index (χ2n) is 7.82. The van der Waals surface area contributed by atoms with Crippen LogP contribution in [0.15, 0.2) is 42.5 Å². The molecule has 0 saturated carbocycles. The van der Waals surface area contributed by atoms with E-state index in [1.54, 1.807) is 17.0 Å². The van der Waals surface area contributed by atoms with E-state index in [0.29, 0.717) is 30.3 Å². The van der Waals surface area contributed by atoms with Crippen LogP contribution < -0.4 is 15.5 Å². The lowest BCUT2D eigenvalue weighted by molar-refractivity contribution is -0.122. The zero-order valence-electron chi connectivity index (χ0n) is 16.7. The molecule has 0 radical (unpaired) electrons.